The van der Waals surface area contributed by atoms with Crippen LogP contribution in [-0.4, -0.2) is 52.9 Å². The second kappa shape index (κ2) is 7.14. The van der Waals surface area contributed by atoms with Gasteiger partial charge in [-0.25, -0.2) is 13.2 Å². The zero-order chi connectivity index (χ0) is 19.0. The first-order valence-corrected chi connectivity index (χ1v) is 11.4. The fourth-order valence-corrected chi connectivity index (χ4v) is 6.25. The van der Waals surface area contributed by atoms with E-state index in [2.05, 4.69) is 4.98 Å². The van der Waals surface area contributed by atoms with E-state index in [0.29, 0.717) is 38.8 Å². The largest absolute Gasteiger partial charge is 0.342 e. The summed E-state index contributed by atoms with van der Waals surface area (Å²) in [5.41, 5.74) is 1.55. The Hall–Kier alpha value is -2.09. The van der Waals surface area contributed by atoms with Crippen LogP contribution in [0.25, 0.3) is 11.0 Å². The Bertz CT molecular complexity index is 993. The summed E-state index contributed by atoms with van der Waals surface area (Å²) in [6.45, 7) is 0.964. The lowest BCUT2D eigenvalue weighted by Gasteiger charge is -2.32. The fraction of sp³-hybridized carbons (Fsp3) is 0.579. The van der Waals surface area contributed by atoms with Crippen molar-refractivity contribution in [3.63, 3.8) is 0 Å². The minimum Gasteiger partial charge on any atom is -0.342 e. The molecule has 0 spiro atoms. The van der Waals surface area contributed by atoms with Gasteiger partial charge in [-0.15, -0.1) is 0 Å². The van der Waals surface area contributed by atoms with Gasteiger partial charge in [0, 0.05) is 19.1 Å². The van der Waals surface area contributed by atoms with Crippen molar-refractivity contribution in [1.82, 2.24) is 14.5 Å². The number of imidazole rings is 1. The van der Waals surface area contributed by atoms with Crippen molar-refractivity contribution in [2.45, 2.75) is 49.8 Å². The van der Waals surface area contributed by atoms with E-state index >= 15 is 0 Å². The molecule has 2 heterocycles. The first-order chi connectivity index (χ1) is 13.0. The molecule has 2 fully saturated rings. The summed E-state index contributed by atoms with van der Waals surface area (Å²) in [6, 6.07) is 7.59. The second-order valence-electron chi connectivity index (χ2n) is 7.64. The first-order valence-electron chi connectivity index (χ1n) is 9.64. The number of benzene rings is 1. The summed E-state index contributed by atoms with van der Waals surface area (Å²) in [5, 5.41) is -0.344. The van der Waals surface area contributed by atoms with Crippen LogP contribution in [0.3, 0.4) is 0 Å². The number of hydrogen-bond acceptors (Lipinski definition) is 4. The third kappa shape index (κ3) is 3.54. The number of nitrogens with one attached hydrogen (secondary N) is 1. The topological polar surface area (TPSA) is 92.2 Å². The van der Waals surface area contributed by atoms with E-state index in [1.165, 1.54) is 0 Å². The average Bonchev–Trinajstić information content (AvgIpc) is 3.29. The van der Waals surface area contributed by atoms with Gasteiger partial charge in [-0.1, -0.05) is 25.0 Å². The molecule has 0 radical (unpaired) electrons. The van der Waals surface area contributed by atoms with Gasteiger partial charge in [-0.3, -0.25) is 9.36 Å². The monoisotopic (exact) mass is 391 g/mol. The number of likely N-dealkylation sites (tertiary alicyclic amines) is 1. The van der Waals surface area contributed by atoms with Crippen LogP contribution in [0.4, 0.5) is 0 Å². The molecule has 1 amide bonds. The van der Waals surface area contributed by atoms with Crippen LogP contribution in [0.2, 0.25) is 0 Å². The lowest BCUT2D eigenvalue weighted by Crippen LogP contribution is -2.43. The van der Waals surface area contributed by atoms with Crippen molar-refractivity contribution >= 4 is 26.8 Å². The molecular formula is C19H25N3O4S. The number of carbonyl (C=O) groups is 1. The molecule has 27 heavy (non-hydrogen) atoms. The van der Waals surface area contributed by atoms with E-state index in [0.717, 1.165) is 23.9 Å². The number of aromatic nitrogens is 2. The van der Waals surface area contributed by atoms with Gasteiger partial charge >= 0.3 is 5.69 Å². The van der Waals surface area contributed by atoms with E-state index < -0.39 is 9.84 Å². The number of para-hydroxylation sites is 2. The van der Waals surface area contributed by atoms with Crippen LogP contribution in [0.1, 0.15) is 44.6 Å². The number of rotatable bonds is 4. The number of aromatic amines is 1. The van der Waals surface area contributed by atoms with Gasteiger partial charge in [0.05, 0.1) is 16.3 Å². The van der Waals surface area contributed by atoms with Crippen molar-refractivity contribution in [1.29, 1.82) is 0 Å². The number of H-pyrrole nitrogens is 1. The Kier molecular flexibility index (Phi) is 4.84. The zero-order valence-electron chi connectivity index (χ0n) is 15.3. The summed E-state index contributed by atoms with van der Waals surface area (Å²) < 4.78 is 26.6. The molecule has 1 aliphatic carbocycles. The van der Waals surface area contributed by atoms with Crippen LogP contribution >= 0.6 is 0 Å². The first kappa shape index (κ1) is 18.3. The molecule has 4 rings (SSSR count). The Labute approximate surface area is 158 Å². The molecule has 1 N–H and O–H groups in total. The molecule has 7 nitrogen and oxygen atoms in total. The Morgan fingerprint density at radius 2 is 1.74 bits per heavy atom. The van der Waals surface area contributed by atoms with E-state index in [4.69, 9.17) is 0 Å². The highest BCUT2D eigenvalue weighted by Gasteiger charge is 2.33. The minimum atomic E-state index is -3.35. The molecule has 1 aromatic heterocycles. The number of sulfone groups is 1. The Morgan fingerprint density at radius 3 is 2.44 bits per heavy atom. The number of piperidine rings is 1. The van der Waals surface area contributed by atoms with Gasteiger partial charge < -0.3 is 9.88 Å². The third-order valence-corrected chi connectivity index (χ3v) is 8.08. The van der Waals surface area contributed by atoms with Gasteiger partial charge in [-0.05, 0) is 37.8 Å². The molecule has 1 aliphatic heterocycles. The maximum atomic E-state index is 12.5. The lowest BCUT2D eigenvalue weighted by molar-refractivity contribution is -0.129. The predicted molar refractivity (Wildman–Crippen MR) is 103 cm³/mol. The quantitative estimate of drug-likeness (QED) is 0.861. The maximum absolute atomic E-state index is 12.5. The average molecular weight is 391 g/mol. The van der Waals surface area contributed by atoms with Gasteiger partial charge in [0.1, 0.15) is 5.75 Å². The molecule has 0 unspecified atom stereocenters. The molecule has 0 atom stereocenters. The van der Waals surface area contributed by atoms with E-state index in [9.17, 15) is 18.0 Å². The fourth-order valence-electron chi connectivity index (χ4n) is 4.44. The van der Waals surface area contributed by atoms with Crippen LogP contribution in [0, 0.1) is 0 Å². The lowest BCUT2D eigenvalue weighted by atomic mass is 10.0. The van der Waals surface area contributed by atoms with E-state index in [1.807, 2.05) is 24.3 Å². The third-order valence-electron chi connectivity index (χ3n) is 5.94. The minimum absolute atomic E-state index is 0.0177. The van der Waals surface area contributed by atoms with Crippen molar-refractivity contribution < 1.29 is 13.2 Å². The van der Waals surface area contributed by atoms with Gasteiger partial charge in [0.15, 0.2) is 9.84 Å². The van der Waals surface area contributed by atoms with E-state index in [-0.39, 0.29) is 28.6 Å². The maximum Gasteiger partial charge on any atom is 0.326 e. The molecule has 8 heteroatoms. The molecule has 1 saturated heterocycles. The highest BCUT2D eigenvalue weighted by molar-refractivity contribution is 7.92. The molecule has 1 saturated carbocycles. The van der Waals surface area contributed by atoms with E-state index in [1.54, 1.807) is 9.47 Å². The number of amides is 1. The normalized spacial score (nSPS) is 19.8. The molecule has 2 aliphatic rings. The molecular weight excluding hydrogens is 366 g/mol. The van der Waals surface area contributed by atoms with Crippen LogP contribution in [0.15, 0.2) is 29.1 Å². The van der Waals surface area contributed by atoms with Gasteiger partial charge in [0.2, 0.25) is 5.91 Å². The van der Waals surface area contributed by atoms with Crippen molar-refractivity contribution in [2.24, 2.45) is 0 Å². The van der Waals surface area contributed by atoms with Crippen LogP contribution in [-0.2, 0) is 14.6 Å². The number of nitrogens with zero attached hydrogens (tertiary/aromatic N) is 2. The molecule has 1 aromatic carbocycles. The molecule has 2 aromatic rings. The van der Waals surface area contributed by atoms with Gasteiger partial charge in [0.25, 0.3) is 0 Å². The Morgan fingerprint density at radius 1 is 1.07 bits per heavy atom. The molecule has 0 bridgehead atoms. The van der Waals surface area contributed by atoms with Crippen molar-refractivity contribution in [3.8, 4) is 0 Å². The predicted octanol–water partition coefficient (Wildman–Crippen LogP) is 1.85. The standard InChI is InChI=1S/C19H25N3O4S/c23-18(13-27(25,26)15-5-1-2-6-15)21-11-9-14(10-12-21)22-17-8-4-3-7-16(17)20-19(22)24/h3-4,7-8,14-15H,1-2,5-6,9-13H2,(H,20,24). The second-order valence-corrected chi connectivity index (χ2v) is 9.92. The number of fused-ring (bicyclic) bond motifs is 1. The van der Waals surface area contributed by atoms with Crippen molar-refractivity contribution in [3.05, 3.63) is 34.7 Å². The highest BCUT2D eigenvalue weighted by Crippen LogP contribution is 2.27. The number of carbonyl (C=O) groups excluding carboxylic acids is 1. The SMILES string of the molecule is O=C(CS(=O)(=O)C1CCCC1)N1CCC(n2c(=O)[nH]c3ccccc32)CC1. The zero-order valence-corrected chi connectivity index (χ0v) is 16.1. The smallest absolute Gasteiger partial charge is 0.326 e. The van der Waals surface area contributed by atoms with Crippen molar-refractivity contribution in [2.75, 3.05) is 18.8 Å². The summed E-state index contributed by atoms with van der Waals surface area (Å²) in [5.74, 6) is -0.679. The molecule has 146 valence electrons. The van der Waals surface area contributed by atoms with Crippen LogP contribution in [0.5, 0.6) is 0 Å². The highest BCUT2D eigenvalue weighted by atomic mass is 32.2. The summed E-state index contributed by atoms with van der Waals surface area (Å²) in [4.78, 5) is 29.4. The van der Waals surface area contributed by atoms with Gasteiger partial charge in [-0.2, -0.15) is 0 Å². The number of hydrogen-bond donors (Lipinski definition) is 1. The summed E-state index contributed by atoms with van der Waals surface area (Å²) in [6.07, 6.45) is 4.53. The van der Waals surface area contributed by atoms with Crippen LogP contribution < -0.4 is 5.69 Å². The Balaban J connectivity index is 1.42. The summed E-state index contributed by atoms with van der Waals surface area (Å²) >= 11 is 0. The summed E-state index contributed by atoms with van der Waals surface area (Å²) in [7, 11) is -3.35.